The lowest BCUT2D eigenvalue weighted by Gasteiger charge is -2.26. The van der Waals surface area contributed by atoms with Gasteiger partial charge in [-0.15, -0.1) is 0 Å². The topological polar surface area (TPSA) is 55.4 Å². The van der Waals surface area contributed by atoms with Gasteiger partial charge in [-0.3, -0.25) is 4.79 Å². The molecule has 0 saturated carbocycles. The highest BCUT2D eigenvalue weighted by molar-refractivity contribution is 6.33. The first-order chi connectivity index (χ1) is 12.0. The van der Waals surface area contributed by atoms with Crippen molar-refractivity contribution >= 4 is 23.5 Å². The van der Waals surface area contributed by atoms with Gasteiger partial charge in [-0.2, -0.15) is 0 Å². The van der Waals surface area contributed by atoms with Crippen molar-refractivity contribution in [3.8, 4) is 0 Å². The maximum Gasteiger partial charge on any atom is 0.340 e. The van der Waals surface area contributed by atoms with E-state index in [0.717, 1.165) is 37.0 Å². The molecule has 2 aromatic carbocycles. The molecule has 0 aliphatic heterocycles. The standard InChI is InChI=1S/C19H17ClFNO3/c20-16-10-13(21)8-9-15(16)19(24)25-11-18(23)22-17-7-3-5-12-4-1-2-6-14(12)17/h1-2,4,6,8-10,17H,3,5,7,11H2,(H,22,23)/t17-/m1/s1. The van der Waals surface area contributed by atoms with Crippen molar-refractivity contribution in [3.05, 3.63) is 70.0 Å². The Hall–Kier alpha value is -2.40. The van der Waals surface area contributed by atoms with Crippen LogP contribution in [0, 0.1) is 5.82 Å². The molecular weight excluding hydrogens is 345 g/mol. The van der Waals surface area contributed by atoms with Crippen molar-refractivity contribution in [1.29, 1.82) is 0 Å². The predicted molar refractivity (Wildman–Crippen MR) is 92.0 cm³/mol. The van der Waals surface area contributed by atoms with Crippen LogP contribution in [0.3, 0.4) is 0 Å². The maximum absolute atomic E-state index is 13.0. The molecular formula is C19H17ClFNO3. The number of hydrogen-bond acceptors (Lipinski definition) is 3. The second kappa shape index (κ2) is 7.66. The third-order valence-corrected chi connectivity index (χ3v) is 4.50. The maximum atomic E-state index is 13.0. The number of carbonyl (C=O) groups is 2. The molecule has 130 valence electrons. The van der Waals surface area contributed by atoms with Gasteiger partial charge in [-0.25, -0.2) is 9.18 Å². The fourth-order valence-corrected chi connectivity index (χ4v) is 3.25. The normalized spacial score (nSPS) is 16.0. The van der Waals surface area contributed by atoms with Crippen molar-refractivity contribution < 1.29 is 18.7 Å². The predicted octanol–water partition coefficient (Wildman–Crippen LogP) is 3.83. The number of amides is 1. The van der Waals surface area contributed by atoms with Crippen molar-refractivity contribution in [2.45, 2.75) is 25.3 Å². The molecule has 0 radical (unpaired) electrons. The quantitative estimate of drug-likeness (QED) is 0.842. The van der Waals surface area contributed by atoms with Gasteiger partial charge < -0.3 is 10.1 Å². The van der Waals surface area contributed by atoms with Crippen LogP contribution in [0.5, 0.6) is 0 Å². The second-order valence-electron chi connectivity index (χ2n) is 5.91. The number of nitrogens with one attached hydrogen (secondary N) is 1. The van der Waals surface area contributed by atoms with Crippen LogP contribution in [0.15, 0.2) is 42.5 Å². The summed E-state index contributed by atoms with van der Waals surface area (Å²) in [5.41, 5.74) is 2.36. The second-order valence-corrected chi connectivity index (χ2v) is 6.32. The van der Waals surface area contributed by atoms with E-state index in [9.17, 15) is 14.0 Å². The molecule has 0 fully saturated rings. The Morgan fingerprint density at radius 3 is 2.84 bits per heavy atom. The van der Waals surface area contributed by atoms with Crippen molar-refractivity contribution in [3.63, 3.8) is 0 Å². The molecule has 1 N–H and O–H groups in total. The van der Waals surface area contributed by atoms with Crippen LogP contribution in [0.25, 0.3) is 0 Å². The Morgan fingerprint density at radius 2 is 2.04 bits per heavy atom. The number of halogens is 2. The zero-order valence-electron chi connectivity index (χ0n) is 13.4. The summed E-state index contributed by atoms with van der Waals surface area (Å²) in [4.78, 5) is 24.1. The molecule has 1 atom stereocenters. The molecule has 1 aliphatic carbocycles. The number of ether oxygens (including phenoxy) is 1. The molecule has 0 aromatic heterocycles. The van der Waals surface area contributed by atoms with E-state index in [1.165, 1.54) is 11.6 Å². The number of benzene rings is 2. The molecule has 0 bridgehead atoms. The van der Waals surface area contributed by atoms with Gasteiger partial charge in [0.25, 0.3) is 5.91 Å². The Kier molecular flexibility index (Phi) is 5.34. The Balaban J connectivity index is 1.58. The van der Waals surface area contributed by atoms with Gasteiger partial charge in [-0.1, -0.05) is 35.9 Å². The number of hydrogen-bond donors (Lipinski definition) is 1. The fourth-order valence-electron chi connectivity index (χ4n) is 3.00. The zero-order valence-corrected chi connectivity index (χ0v) is 14.2. The first-order valence-electron chi connectivity index (χ1n) is 8.04. The van der Waals surface area contributed by atoms with Gasteiger partial charge >= 0.3 is 5.97 Å². The van der Waals surface area contributed by atoms with E-state index in [0.29, 0.717) is 0 Å². The molecule has 0 unspecified atom stereocenters. The van der Waals surface area contributed by atoms with Crippen LogP contribution in [0.1, 0.15) is 40.4 Å². The SMILES string of the molecule is O=C(COC(=O)c1ccc(F)cc1Cl)N[C@@H]1CCCc2ccccc21. The van der Waals surface area contributed by atoms with Gasteiger partial charge in [0.15, 0.2) is 6.61 Å². The van der Waals surface area contributed by atoms with Gasteiger partial charge in [-0.05, 0) is 48.6 Å². The summed E-state index contributed by atoms with van der Waals surface area (Å²) in [6, 6.07) is 11.3. The Bertz CT molecular complexity index is 809. The minimum absolute atomic E-state index is 0.0267. The van der Waals surface area contributed by atoms with E-state index in [4.69, 9.17) is 16.3 Å². The van der Waals surface area contributed by atoms with Crippen LogP contribution in [-0.2, 0) is 16.0 Å². The fraction of sp³-hybridized carbons (Fsp3) is 0.263. The lowest BCUT2D eigenvalue weighted by atomic mass is 9.88. The third kappa shape index (κ3) is 4.17. The number of rotatable bonds is 4. The van der Waals surface area contributed by atoms with Crippen LogP contribution < -0.4 is 5.32 Å². The average Bonchev–Trinajstić information content (AvgIpc) is 2.60. The van der Waals surface area contributed by atoms with E-state index in [2.05, 4.69) is 11.4 Å². The zero-order chi connectivity index (χ0) is 17.8. The molecule has 2 aromatic rings. The highest BCUT2D eigenvalue weighted by Gasteiger charge is 2.22. The van der Waals surface area contributed by atoms with E-state index >= 15 is 0 Å². The highest BCUT2D eigenvalue weighted by atomic mass is 35.5. The molecule has 0 spiro atoms. The molecule has 0 saturated heterocycles. The smallest absolute Gasteiger partial charge is 0.340 e. The first-order valence-corrected chi connectivity index (χ1v) is 8.42. The van der Waals surface area contributed by atoms with Gasteiger partial charge in [0.2, 0.25) is 0 Å². The van der Waals surface area contributed by atoms with Gasteiger partial charge in [0.05, 0.1) is 16.6 Å². The van der Waals surface area contributed by atoms with E-state index in [1.807, 2.05) is 18.2 Å². The number of carbonyl (C=O) groups excluding carboxylic acids is 2. The highest BCUT2D eigenvalue weighted by Crippen LogP contribution is 2.29. The molecule has 1 amide bonds. The third-order valence-electron chi connectivity index (χ3n) is 4.19. The van der Waals surface area contributed by atoms with Crippen LogP contribution >= 0.6 is 11.6 Å². The summed E-state index contributed by atoms with van der Waals surface area (Å²) in [6.07, 6.45) is 2.84. The molecule has 6 heteroatoms. The lowest BCUT2D eigenvalue weighted by molar-refractivity contribution is -0.125. The summed E-state index contributed by atoms with van der Waals surface area (Å²) in [5.74, 6) is -1.69. The molecule has 0 heterocycles. The molecule has 4 nitrogen and oxygen atoms in total. The van der Waals surface area contributed by atoms with Crippen molar-refractivity contribution in [1.82, 2.24) is 5.32 Å². The largest absolute Gasteiger partial charge is 0.452 e. The van der Waals surface area contributed by atoms with Crippen LogP contribution in [0.4, 0.5) is 4.39 Å². The van der Waals surface area contributed by atoms with Gasteiger partial charge in [0, 0.05) is 0 Å². The lowest BCUT2D eigenvalue weighted by Crippen LogP contribution is -2.34. The minimum Gasteiger partial charge on any atom is -0.452 e. The molecule has 1 aliphatic rings. The van der Waals surface area contributed by atoms with E-state index in [-0.39, 0.29) is 22.5 Å². The summed E-state index contributed by atoms with van der Waals surface area (Å²) in [5, 5.41) is 2.85. The number of aryl methyl sites for hydroxylation is 1. The number of esters is 1. The van der Waals surface area contributed by atoms with E-state index < -0.39 is 18.4 Å². The number of fused-ring (bicyclic) bond motifs is 1. The van der Waals surface area contributed by atoms with Crippen molar-refractivity contribution in [2.24, 2.45) is 0 Å². The first kappa shape index (κ1) is 17.4. The van der Waals surface area contributed by atoms with Crippen LogP contribution in [0.2, 0.25) is 5.02 Å². The average molecular weight is 362 g/mol. The summed E-state index contributed by atoms with van der Waals surface area (Å²) >= 11 is 5.81. The summed E-state index contributed by atoms with van der Waals surface area (Å²) in [6.45, 7) is -0.412. The summed E-state index contributed by atoms with van der Waals surface area (Å²) < 4.78 is 18.0. The Morgan fingerprint density at radius 1 is 1.24 bits per heavy atom. The van der Waals surface area contributed by atoms with Crippen molar-refractivity contribution in [2.75, 3.05) is 6.61 Å². The van der Waals surface area contributed by atoms with E-state index in [1.54, 1.807) is 0 Å². The minimum atomic E-state index is -0.760. The molecule has 3 rings (SSSR count). The monoisotopic (exact) mass is 361 g/mol. The van der Waals surface area contributed by atoms with Crippen LogP contribution in [-0.4, -0.2) is 18.5 Å². The summed E-state index contributed by atoms with van der Waals surface area (Å²) in [7, 11) is 0. The Labute approximate surface area is 149 Å². The molecule has 25 heavy (non-hydrogen) atoms. The van der Waals surface area contributed by atoms with Gasteiger partial charge in [0.1, 0.15) is 5.82 Å².